The van der Waals surface area contributed by atoms with Crippen LogP contribution in [0.25, 0.3) is 0 Å². The van der Waals surface area contributed by atoms with E-state index in [2.05, 4.69) is 5.32 Å². The molecule has 2 N–H and O–H groups in total. The van der Waals surface area contributed by atoms with Crippen LogP contribution in [0.15, 0.2) is 18.2 Å². The third-order valence-corrected chi connectivity index (χ3v) is 3.78. The van der Waals surface area contributed by atoms with Gasteiger partial charge < -0.3 is 15.2 Å². The van der Waals surface area contributed by atoms with Gasteiger partial charge in [-0.1, -0.05) is 25.0 Å². The summed E-state index contributed by atoms with van der Waals surface area (Å²) in [5.74, 6) is -0.0580. The Labute approximate surface area is 107 Å². The number of aliphatic hydroxyl groups is 1. The predicted octanol–water partition coefficient (Wildman–Crippen LogP) is 2.23. The molecular weight excluding hydrogens is 233 g/mol. The van der Waals surface area contributed by atoms with Gasteiger partial charge in [-0.3, -0.25) is 0 Å². The van der Waals surface area contributed by atoms with Crippen LogP contribution in [-0.4, -0.2) is 24.4 Å². The maximum Gasteiger partial charge on any atom is 0.169 e. The van der Waals surface area contributed by atoms with Crippen LogP contribution in [0.3, 0.4) is 0 Å². The lowest BCUT2D eigenvalue weighted by Gasteiger charge is -2.28. The lowest BCUT2D eigenvalue weighted by Crippen LogP contribution is -2.45. The molecule has 2 rings (SSSR count). The van der Waals surface area contributed by atoms with Gasteiger partial charge in [0.2, 0.25) is 0 Å². The zero-order valence-electron chi connectivity index (χ0n) is 10.7. The molecule has 1 aromatic rings. The Balaban J connectivity index is 2.05. The summed E-state index contributed by atoms with van der Waals surface area (Å²) in [6.07, 6.45) is 4.15. The number of methoxy groups -OCH3 is 1. The second-order valence-corrected chi connectivity index (χ2v) is 4.93. The average Bonchev–Trinajstić information content (AvgIpc) is 2.87. The van der Waals surface area contributed by atoms with E-state index in [0.717, 1.165) is 25.7 Å². The molecule has 0 atom stereocenters. The number of aliphatic hydroxyl groups excluding tert-OH is 1. The Bertz CT molecular complexity index is 403. The smallest absolute Gasteiger partial charge is 0.169 e. The third-order valence-electron chi connectivity index (χ3n) is 3.78. The molecule has 1 aliphatic carbocycles. The topological polar surface area (TPSA) is 41.5 Å². The van der Waals surface area contributed by atoms with Crippen molar-refractivity contribution in [2.24, 2.45) is 0 Å². The van der Waals surface area contributed by atoms with E-state index in [1.54, 1.807) is 18.2 Å². The highest BCUT2D eigenvalue weighted by Gasteiger charge is 2.32. The van der Waals surface area contributed by atoms with Crippen molar-refractivity contribution >= 4 is 0 Å². The molecule has 1 fully saturated rings. The summed E-state index contributed by atoms with van der Waals surface area (Å²) >= 11 is 0. The molecule has 1 aliphatic rings. The van der Waals surface area contributed by atoms with Crippen molar-refractivity contribution in [2.45, 2.75) is 37.8 Å². The summed E-state index contributed by atoms with van der Waals surface area (Å²) in [6, 6.07) is 5.13. The Hall–Kier alpha value is -1.13. The molecule has 0 unspecified atom stereocenters. The molecular formula is C14H20FNO2. The highest BCUT2D eigenvalue weighted by molar-refractivity contribution is 5.31. The van der Waals surface area contributed by atoms with Gasteiger partial charge in [0.1, 0.15) is 0 Å². The first kappa shape index (κ1) is 13.3. The minimum absolute atomic E-state index is 0.110. The largest absolute Gasteiger partial charge is 0.494 e. The number of halogens is 1. The van der Waals surface area contributed by atoms with Gasteiger partial charge in [0, 0.05) is 17.6 Å². The fourth-order valence-electron chi connectivity index (χ4n) is 2.58. The van der Waals surface area contributed by atoms with Crippen molar-refractivity contribution in [1.82, 2.24) is 5.32 Å². The molecule has 0 spiro atoms. The quantitative estimate of drug-likeness (QED) is 0.845. The van der Waals surface area contributed by atoms with E-state index in [1.165, 1.54) is 7.11 Å². The molecule has 0 aliphatic heterocycles. The molecule has 18 heavy (non-hydrogen) atoms. The second-order valence-electron chi connectivity index (χ2n) is 4.93. The molecule has 0 saturated heterocycles. The number of benzene rings is 1. The van der Waals surface area contributed by atoms with Gasteiger partial charge in [-0.15, -0.1) is 0 Å². The number of hydrogen-bond donors (Lipinski definition) is 2. The van der Waals surface area contributed by atoms with Gasteiger partial charge in [-0.25, -0.2) is 4.39 Å². The van der Waals surface area contributed by atoms with Gasteiger partial charge in [0.05, 0.1) is 13.7 Å². The average molecular weight is 253 g/mol. The third kappa shape index (κ3) is 2.65. The van der Waals surface area contributed by atoms with Crippen molar-refractivity contribution < 1.29 is 14.2 Å². The Morgan fingerprint density at radius 1 is 1.39 bits per heavy atom. The number of rotatable bonds is 5. The monoisotopic (exact) mass is 253 g/mol. The summed E-state index contributed by atoms with van der Waals surface area (Å²) in [7, 11) is 1.46. The Morgan fingerprint density at radius 2 is 2.11 bits per heavy atom. The van der Waals surface area contributed by atoms with Crippen LogP contribution in [-0.2, 0) is 6.54 Å². The van der Waals surface area contributed by atoms with Crippen LogP contribution in [0.1, 0.15) is 31.2 Å². The van der Waals surface area contributed by atoms with E-state index in [4.69, 9.17) is 4.74 Å². The maximum atomic E-state index is 13.9. The van der Waals surface area contributed by atoms with Crippen molar-refractivity contribution in [2.75, 3.05) is 13.7 Å². The standard InChI is InChI=1S/C14H20FNO2/c1-18-12-6-4-5-11(13(12)15)9-16-14(10-17)7-2-3-8-14/h4-6,16-17H,2-3,7-10H2,1H3. The molecule has 1 aromatic carbocycles. The van der Waals surface area contributed by atoms with Gasteiger partial charge in [-0.05, 0) is 18.9 Å². The number of hydrogen-bond acceptors (Lipinski definition) is 3. The van der Waals surface area contributed by atoms with Crippen LogP contribution in [0, 0.1) is 5.82 Å². The highest BCUT2D eigenvalue weighted by Crippen LogP contribution is 2.30. The molecule has 4 heteroatoms. The van der Waals surface area contributed by atoms with Crippen LogP contribution < -0.4 is 10.1 Å². The van der Waals surface area contributed by atoms with E-state index in [-0.39, 0.29) is 23.7 Å². The first-order chi connectivity index (χ1) is 8.71. The van der Waals surface area contributed by atoms with Gasteiger partial charge in [0.15, 0.2) is 11.6 Å². The molecule has 0 bridgehead atoms. The van der Waals surface area contributed by atoms with Crippen molar-refractivity contribution in [3.63, 3.8) is 0 Å². The molecule has 100 valence electrons. The van der Waals surface area contributed by atoms with Crippen molar-refractivity contribution in [1.29, 1.82) is 0 Å². The summed E-state index contributed by atoms with van der Waals surface area (Å²) in [5, 5.41) is 12.8. The van der Waals surface area contributed by atoms with Crippen LogP contribution in [0.2, 0.25) is 0 Å². The van der Waals surface area contributed by atoms with Gasteiger partial charge in [-0.2, -0.15) is 0 Å². The first-order valence-corrected chi connectivity index (χ1v) is 6.38. The van der Waals surface area contributed by atoms with E-state index in [0.29, 0.717) is 12.1 Å². The number of ether oxygens (including phenoxy) is 1. The Morgan fingerprint density at radius 3 is 2.72 bits per heavy atom. The molecule has 0 heterocycles. The SMILES string of the molecule is COc1cccc(CNC2(CO)CCCC2)c1F. The van der Waals surface area contributed by atoms with Crippen molar-refractivity contribution in [3.8, 4) is 5.75 Å². The second kappa shape index (κ2) is 5.67. The first-order valence-electron chi connectivity index (χ1n) is 6.38. The molecule has 0 aromatic heterocycles. The van der Waals surface area contributed by atoms with Crippen LogP contribution >= 0.6 is 0 Å². The van der Waals surface area contributed by atoms with Gasteiger partial charge in [0.25, 0.3) is 0 Å². The Kier molecular flexibility index (Phi) is 4.19. The lowest BCUT2D eigenvalue weighted by molar-refractivity contribution is 0.162. The van der Waals surface area contributed by atoms with Gasteiger partial charge >= 0.3 is 0 Å². The number of nitrogens with one attached hydrogen (secondary N) is 1. The predicted molar refractivity (Wildman–Crippen MR) is 68.1 cm³/mol. The molecule has 0 amide bonds. The van der Waals surface area contributed by atoms with Crippen LogP contribution in [0.4, 0.5) is 4.39 Å². The summed E-state index contributed by atoms with van der Waals surface area (Å²) in [5.41, 5.74) is 0.351. The maximum absolute atomic E-state index is 13.9. The lowest BCUT2D eigenvalue weighted by atomic mass is 9.98. The van der Waals surface area contributed by atoms with E-state index < -0.39 is 0 Å². The minimum atomic E-state index is -0.321. The normalized spacial score (nSPS) is 17.9. The van der Waals surface area contributed by atoms with E-state index in [9.17, 15) is 9.50 Å². The fourth-order valence-corrected chi connectivity index (χ4v) is 2.58. The van der Waals surface area contributed by atoms with Crippen molar-refractivity contribution in [3.05, 3.63) is 29.6 Å². The zero-order valence-corrected chi connectivity index (χ0v) is 10.7. The fraction of sp³-hybridized carbons (Fsp3) is 0.571. The van der Waals surface area contributed by atoms with E-state index in [1.807, 2.05) is 0 Å². The summed E-state index contributed by atoms with van der Waals surface area (Å²) < 4.78 is 18.9. The van der Waals surface area contributed by atoms with E-state index >= 15 is 0 Å². The summed E-state index contributed by atoms with van der Waals surface area (Å²) in [4.78, 5) is 0. The zero-order chi connectivity index (χ0) is 13.0. The minimum Gasteiger partial charge on any atom is -0.494 e. The highest BCUT2D eigenvalue weighted by atomic mass is 19.1. The summed E-state index contributed by atoms with van der Waals surface area (Å²) in [6.45, 7) is 0.530. The molecule has 3 nitrogen and oxygen atoms in total. The molecule has 0 radical (unpaired) electrons. The molecule has 1 saturated carbocycles. The van der Waals surface area contributed by atoms with Crippen LogP contribution in [0.5, 0.6) is 5.75 Å².